The van der Waals surface area contributed by atoms with Gasteiger partial charge < -0.3 is 19.3 Å². The highest BCUT2D eigenvalue weighted by Gasteiger charge is 2.29. The first-order valence-electron chi connectivity index (χ1n) is 13.0. The Morgan fingerprint density at radius 1 is 0.694 bits per heavy atom. The molecule has 0 saturated heterocycles. The number of ether oxygens (including phenoxy) is 3. The van der Waals surface area contributed by atoms with E-state index in [1.807, 2.05) is 91.0 Å². The highest BCUT2D eigenvalue weighted by Crippen LogP contribution is 2.18. The van der Waals surface area contributed by atoms with Crippen LogP contribution in [0.5, 0.6) is 0 Å². The van der Waals surface area contributed by atoms with Crippen LogP contribution < -0.4 is 0 Å². The molecule has 0 aliphatic carbocycles. The van der Waals surface area contributed by atoms with E-state index in [9.17, 15) is 5.11 Å². The quantitative estimate of drug-likeness (QED) is 0.166. The SMILES string of the molecule is CCCCC/C=C/[C@H](OCc1ccccc1)[C@@H](OCc1ccccc1)[C@H](O)COCc1ccccc1. The molecule has 0 saturated carbocycles. The largest absolute Gasteiger partial charge is 0.388 e. The van der Waals surface area contributed by atoms with Crippen molar-refractivity contribution in [3.8, 4) is 0 Å². The standard InChI is InChI=1S/C32H40O4/c1-2-3-4-5-15-22-31(35-24-28-18-11-7-12-19-28)32(36-25-29-20-13-8-14-21-29)30(33)26-34-23-27-16-9-6-10-17-27/h6-22,30-33H,2-5,23-26H2,1H3/b22-15+/t30-,31+,32+/m1/s1. The lowest BCUT2D eigenvalue weighted by Crippen LogP contribution is -2.42. The second kappa shape index (κ2) is 16.8. The minimum absolute atomic E-state index is 0.156. The van der Waals surface area contributed by atoms with E-state index < -0.39 is 18.3 Å². The molecule has 3 aromatic rings. The maximum absolute atomic E-state index is 11.2. The Kier molecular flexibility index (Phi) is 13.0. The van der Waals surface area contributed by atoms with Crippen LogP contribution in [0.2, 0.25) is 0 Å². The van der Waals surface area contributed by atoms with Gasteiger partial charge in [-0.2, -0.15) is 0 Å². The molecule has 0 aromatic heterocycles. The lowest BCUT2D eigenvalue weighted by Gasteiger charge is -2.29. The fourth-order valence-electron chi connectivity index (χ4n) is 3.93. The maximum Gasteiger partial charge on any atom is 0.116 e. The Morgan fingerprint density at radius 2 is 1.22 bits per heavy atom. The summed E-state index contributed by atoms with van der Waals surface area (Å²) < 4.78 is 18.5. The van der Waals surface area contributed by atoms with Gasteiger partial charge in [0.05, 0.1) is 26.4 Å². The molecule has 0 bridgehead atoms. The van der Waals surface area contributed by atoms with Gasteiger partial charge in [0.15, 0.2) is 0 Å². The molecular formula is C32H40O4. The number of aliphatic hydroxyl groups is 1. The minimum Gasteiger partial charge on any atom is -0.388 e. The number of unbranched alkanes of at least 4 members (excludes halogenated alkanes) is 3. The van der Waals surface area contributed by atoms with E-state index in [-0.39, 0.29) is 6.61 Å². The predicted molar refractivity (Wildman–Crippen MR) is 145 cm³/mol. The van der Waals surface area contributed by atoms with Gasteiger partial charge in [0, 0.05) is 0 Å². The molecule has 1 N–H and O–H groups in total. The fraction of sp³-hybridized carbons (Fsp3) is 0.375. The second-order valence-electron chi connectivity index (χ2n) is 9.01. The van der Waals surface area contributed by atoms with Crippen LogP contribution in [-0.4, -0.2) is 30.0 Å². The van der Waals surface area contributed by atoms with Gasteiger partial charge in [-0.15, -0.1) is 0 Å². The average molecular weight is 489 g/mol. The summed E-state index contributed by atoms with van der Waals surface area (Å²) in [6.07, 6.45) is 6.86. The summed E-state index contributed by atoms with van der Waals surface area (Å²) in [5.74, 6) is 0. The van der Waals surface area contributed by atoms with E-state index in [1.54, 1.807) is 0 Å². The molecule has 4 nitrogen and oxygen atoms in total. The number of aliphatic hydroxyl groups excluding tert-OH is 1. The van der Waals surface area contributed by atoms with Gasteiger partial charge in [-0.05, 0) is 29.5 Å². The summed E-state index contributed by atoms with van der Waals surface area (Å²) in [5.41, 5.74) is 3.20. The normalized spacial score (nSPS) is 14.1. The zero-order valence-electron chi connectivity index (χ0n) is 21.4. The Hall–Kier alpha value is -2.76. The molecule has 3 aromatic carbocycles. The van der Waals surface area contributed by atoms with Crippen molar-refractivity contribution in [2.24, 2.45) is 0 Å². The summed E-state index contributed by atoms with van der Waals surface area (Å²) in [6, 6.07) is 30.1. The van der Waals surface area contributed by atoms with Crippen molar-refractivity contribution in [1.82, 2.24) is 0 Å². The molecule has 0 aliphatic rings. The third-order valence-corrected chi connectivity index (χ3v) is 5.97. The van der Waals surface area contributed by atoms with Crippen LogP contribution in [0.15, 0.2) is 103 Å². The lowest BCUT2D eigenvalue weighted by atomic mass is 10.1. The van der Waals surface area contributed by atoms with Gasteiger partial charge in [-0.25, -0.2) is 0 Å². The maximum atomic E-state index is 11.2. The first kappa shape index (κ1) is 27.8. The summed E-state index contributed by atoms with van der Waals surface area (Å²) in [4.78, 5) is 0. The molecular weight excluding hydrogens is 448 g/mol. The topological polar surface area (TPSA) is 47.9 Å². The number of hydrogen-bond acceptors (Lipinski definition) is 4. The van der Waals surface area contributed by atoms with Crippen LogP contribution in [0.1, 0.15) is 49.3 Å². The van der Waals surface area contributed by atoms with Gasteiger partial charge in [-0.3, -0.25) is 0 Å². The molecule has 36 heavy (non-hydrogen) atoms. The van der Waals surface area contributed by atoms with Crippen LogP contribution in [0.4, 0.5) is 0 Å². The fourth-order valence-corrected chi connectivity index (χ4v) is 3.93. The molecule has 3 rings (SSSR count). The van der Waals surface area contributed by atoms with Crippen LogP contribution in [0.25, 0.3) is 0 Å². The highest BCUT2D eigenvalue weighted by atomic mass is 16.6. The van der Waals surface area contributed by atoms with E-state index >= 15 is 0 Å². The van der Waals surface area contributed by atoms with Gasteiger partial charge in [0.1, 0.15) is 18.3 Å². The summed E-state index contributed by atoms with van der Waals surface area (Å²) in [6.45, 7) is 3.62. The van der Waals surface area contributed by atoms with E-state index in [0.717, 1.165) is 29.5 Å². The average Bonchev–Trinajstić information content (AvgIpc) is 2.93. The minimum atomic E-state index is -0.849. The third-order valence-electron chi connectivity index (χ3n) is 5.97. The van der Waals surface area contributed by atoms with Crippen molar-refractivity contribution >= 4 is 0 Å². The summed E-state index contributed by atoms with van der Waals surface area (Å²) in [7, 11) is 0. The van der Waals surface area contributed by atoms with Crippen LogP contribution in [0, 0.1) is 0 Å². The molecule has 0 radical (unpaired) electrons. The number of hydrogen-bond donors (Lipinski definition) is 1. The van der Waals surface area contributed by atoms with Crippen molar-refractivity contribution in [1.29, 1.82) is 0 Å². The Morgan fingerprint density at radius 3 is 1.78 bits per heavy atom. The summed E-state index contributed by atoms with van der Waals surface area (Å²) in [5, 5.41) is 11.2. The molecule has 0 spiro atoms. The molecule has 0 amide bonds. The molecule has 0 fully saturated rings. The van der Waals surface area contributed by atoms with E-state index in [0.29, 0.717) is 19.8 Å². The zero-order valence-corrected chi connectivity index (χ0v) is 21.4. The highest BCUT2D eigenvalue weighted by molar-refractivity contribution is 5.15. The van der Waals surface area contributed by atoms with Crippen molar-refractivity contribution in [2.45, 2.75) is 70.7 Å². The van der Waals surface area contributed by atoms with E-state index in [1.165, 1.54) is 12.8 Å². The zero-order chi connectivity index (χ0) is 25.3. The van der Waals surface area contributed by atoms with Gasteiger partial charge in [0.25, 0.3) is 0 Å². The monoisotopic (exact) mass is 488 g/mol. The predicted octanol–water partition coefficient (Wildman–Crippen LogP) is 6.87. The Labute approximate surface area is 216 Å². The Balaban J connectivity index is 1.70. The molecule has 0 unspecified atom stereocenters. The smallest absolute Gasteiger partial charge is 0.116 e. The first-order chi connectivity index (χ1) is 17.8. The van der Waals surface area contributed by atoms with Gasteiger partial charge >= 0.3 is 0 Å². The van der Waals surface area contributed by atoms with Crippen molar-refractivity contribution < 1.29 is 19.3 Å². The van der Waals surface area contributed by atoms with Crippen LogP contribution in [-0.2, 0) is 34.0 Å². The number of allylic oxidation sites excluding steroid dienone is 1. The van der Waals surface area contributed by atoms with Crippen molar-refractivity contribution in [2.75, 3.05) is 6.61 Å². The lowest BCUT2D eigenvalue weighted by molar-refractivity contribution is -0.133. The molecule has 192 valence electrons. The number of rotatable bonds is 17. The van der Waals surface area contributed by atoms with Crippen molar-refractivity contribution in [3.63, 3.8) is 0 Å². The molecule has 3 atom stereocenters. The van der Waals surface area contributed by atoms with Gasteiger partial charge in [-0.1, -0.05) is 123 Å². The van der Waals surface area contributed by atoms with Gasteiger partial charge in [0.2, 0.25) is 0 Å². The van der Waals surface area contributed by atoms with E-state index in [2.05, 4.69) is 19.1 Å². The van der Waals surface area contributed by atoms with Crippen LogP contribution in [0.3, 0.4) is 0 Å². The molecule has 4 heteroatoms. The third kappa shape index (κ3) is 10.5. The first-order valence-corrected chi connectivity index (χ1v) is 13.0. The van der Waals surface area contributed by atoms with Crippen LogP contribution >= 0.6 is 0 Å². The van der Waals surface area contributed by atoms with E-state index in [4.69, 9.17) is 14.2 Å². The second-order valence-corrected chi connectivity index (χ2v) is 9.01. The molecule has 0 aliphatic heterocycles. The number of benzene rings is 3. The Bertz CT molecular complexity index is 959. The summed E-state index contributed by atoms with van der Waals surface area (Å²) >= 11 is 0. The van der Waals surface area contributed by atoms with Crippen molar-refractivity contribution in [3.05, 3.63) is 120 Å². The molecule has 0 heterocycles.